The van der Waals surface area contributed by atoms with Crippen molar-refractivity contribution >= 4 is 7.60 Å². The van der Waals surface area contributed by atoms with Crippen LogP contribution in [0.5, 0.6) is 0 Å². The molecule has 0 aliphatic rings. The molecule has 0 N–H and O–H groups in total. The van der Waals surface area contributed by atoms with Crippen LogP contribution in [0.25, 0.3) is 0 Å². The van der Waals surface area contributed by atoms with Gasteiger partial charge in [-0.15, -0.1) is 0 Å². The molecule has 1 unspecified atom stereocenters. The molecule has 0 rings (SSSR count). The van der Waals surface area contributed by atoms with Crippen LogP contribution >= 0.6 is 7.60 Å². The van der Waals surface area contributed by atoms with E-state index in [0.717, 1.165) is 6.92 Å². The van der Waals surface area contributed by atoms with Gasteiger partial charge >= 0.3 is 13.8 Å². The van der Waals surface area contributed by atoms with E-state index >= 15 is 0 Å². The Bertz CT molecular complexity index is 424. The number of allylic oxidation sites excluding steroid dienone is 2. The SMILES string of the molecule is CC(C)OP(=O)(OC(C)C)C(C)/C(=C/C#N)C(F)(F)F. The second-order valence-corrected chi connectivity index (χ2v) is 7.03. The molecule has 0 bridgehead atoms. The molecule has 0 amide bonds. The van der Waals surface area contributed by atoms with Crippen LogP contribution in [-0.2, 0) is 13.6 Å². The third-order valence-electron chi connectivity index (χ3n) is 2.19. The van der Waals surface area contributed by atoms with E-state index in [2.05, 4.69) is 0 Å². The lowest BCUT2D eigenvalue weighted by Gasteiger charge is -2.29. The number of halogens is 3. The van der Waals surface area contributed by atoms with Gasteiger partial charge in [0.1, 0.15) is 0 Å². The number of hydrogen-bond acceptors (Lipinski definition) is 4. The van der Waals surface area contributed by atoms with E-state index in [1.54, 1.807) is 27.7 Å². The van der Waals surface area contributed by atoms with Gasteiger partial charge in [0.2, 0.25) is 0 Å². The van der Waals surface area contributed by atoms with Gasteiger partial charge in [0.05, 0.1) is 29.5 Å². The Kier molecular flexibility index (Phi) is 6.96. The second-order valence-electron chi connectivity index (χ2n) is 4.75. The minimum atomic E-state index is -4.77. The first kappa shape index (κ1) is 19.2. The average molecular weight is 313 g/mol. The highest BCUT2D eigenvalue weighted by atomic mass is 31.2. The largest absolute Gasteiger partial charge is 0.414 e. The van der Waals surface area contributed by atoms with Crippen LogP contribution in [0.4, 0.5) is 13.2 Å². The van der Waals surface area contributed by atoms with Crippen LogP contribution in [-0.4, -0.2) is 24.0 Å². The molecule has 116 valence electrons. The van der Waals surface area contributed by atoms with Gasteiger partial charge in [-0.2, -0.15) is 18.4 Å². The fourth-order valence-corrected chi connectivity index (χ4v) is 3.63. The lowest BCUT2D eigenvalue weighted by Crippen LogP contribution is -2.25. The summed E-state index contributed by atoms with van der Waals surface area (Å²) in [7, 11) is -4.04. The average Bonchev–Trinajstić information content (AvgIpc) is 2.20. The van der Waals surface area contributed by atoms with Crippen molar-refractivity contribution < 1.29 is 26.8 Å². The van der Waals surface area contributed by atoms with E-state index in [9.17, 15) is 17.7 Å². The van der Waals surface area contributed by atoms with Gasteiger partial charge in [-0.3, -0.25) is 4.57 Å². The molecular weight excluding hydrogens is 294 g/mol. The van der Waals surface area contributed by atoms with Gasteiger partial charge in [-0.05, 0) is 34.6 Å². The molecule has 0 radical (unpaired) electrons. The number of rotatable bonds is 6. The quantitative estimate of drug-likeness (QED) is 0.537. The fraction of sp³-hybridized carbons (Fsp3) is 0.750. The molecule has 8 heteroatoms. The smallest absolute Gasteiger partial charge is 0.305 e. The Morgan fingerprint density at radius 3 is 1.80 bits per heavy atom. The highest BCUT2D eigenvalue weighted by Crippen LogP contribution is 2.59. The molecule has 0 saturated heterocycles. The second kappa shape index (κ2) is 7.26. The molecule has 0 saturated carbocycles. The summed E-state index contributed by atoms with van der Waals surface area (Å²) < 4.78 is 61.6. The van der Waals surface area contributed by atoms with Crippen molar-refractivity contribution in [2.45, 2.75) is 58.7 Å². The summed E-state index contributed by atoms with van der Waals surface area (Å²) in [5.74, 6) is 0. The van der Waals surface area contributed by atoms with Gasteiger partial charge < -0.3 is 9.05 Å². The van der Waals surface area contributed by atoms with Crippen LogP contribution in [0.15, 0.2) is 11.6 Å². The van der Waals surface area contributed by atoms with Crippen LogP contribution in [0.2, 0.25) is 0 Å². The van der Waals surface area contributed by atoms with Gasteiger partial charge in [0.25, 0.3) is 0 Å². The Balaban J connectivity index is 5.63. The molecule has 0 aromatic rings. The zero-order valence-electron chi connectivity index (χ0n) is 12.1. The van der Waals surface area contributed by atoms with Gasteiger partial charge in [0.15, 0.2) is 0 Å². The summed E-state index contributed by atoms with van der Waals surface area (Å²) in [6, 6.07) is 1.32. The summed E-state index contributed by atoms with van der Waals surface area (Å²) in [5, 5.41) is 8.48. The number of nitrogens with zero attached hydrogens (tertiary/aromatic N) is 1. The summed E-state index contributed by atoms with van der Waals surface area (Å²) in [5.41, 5.74) is -2.79. The van der Waals surface area contributed by atoms with Crippen molar-refractivity contribution in [2.75, 3.05) is 0 Å². The van der Waals surface area contributed by atoms with Crippen molar-refractivity contribution in [1.82, 2.24) is 0 Å². The number of hydrogen-bond donors (Lipinski definition) is 0. The van der Waals surface area contributed by atoms with Crippen molar-refractivity contribution in [1.29, 1.82) is 5.26 Å². The van der Waals surface area contributed by atoms with Crippen molar-refractivity contribution in [3.8, 4) is 6.07 Å². The summed E-state index contributed by atoms with van der Waals surface area (Å²) >= 11 is 0. The van der Waals surface area contributed by atoms with Crippen LogP contribution in [0.3, 0.4) is 0 Å². The Labute approximate surface area is 117 Å². The number of alkyl halides is 3. The molecule has 0 fully saturated rings. The van der Waals surface area contributed by atoms with E-state index in [4.69, 9.17) is 14.3 Å². The predicted octanol–water partition coefficient (Wildman–Crippen LogP) is 4.43. The Hall–Kier alpha value is -0.830. The molecule has 0 aromatic heterocycles. The molecule has 1 atom stereocenters. The molecule has 0 aliphatic carbocycles. The summed E-state index contributed by atoms with van der Waals surface area (Å²) in [6.45, 7) is 7.27. The number of nitriles is 1. The first-order valence-electron chi connectivity index (χ1n) is 6.07. The molecule has 0 heterocycles. The topological polar surface area (TPSA) is 59.3 Å². The molecule has 0 aromatic carbocycles. The Morgan fingerprint density at radius 1 is 1.15 bits per heavy atom. The first-order chi connectivity index (χ1) is 8.94. The zero-order valence-corrected chi connectivity index (χ0v) is 13.0. The molecule has 0 aliphatic heterocycles. The van der Waals surface area contributed by atoms with Gasteiger partial charge in [-0.1, -0.05) is 0 Å². The van der Waals surface area contributed by atoms with E-state index < -0.39 is 37.2 Å². The minimum Gasteiger partial charge on any atom is -0.305 e. The standard InChI is InChI=1S/C12H19F3NO3P/c1-8(2)18-20(17,19-9(3)4)10(5)11(6-7-16)12(13,14)15/h6,8-10H,1-5H3/b11-6-. The fourth-order valence-electron chi connectivity index (χ4n) is 1.47. The third-order valence-corrected chi connectivity index (χ3v) is 4.85. The van der Waals surface area contributed by atoms with Gasteiger partial charge in [0, 0.05) is 6.08 Å². The lowest BCUT2D eigenvalue weighted by atomic mass is 10.2. The maximum absolute atomic E-state index is 12.9. The molecule has 4 nitrogen and oxygen atoms in total. The summed E-state index contributed by atoms with van der Waals surface area (Å²) in [4.78, 5) is 0. The highest BCUT2D eigenvalue weighted by molar-refractivity contribution is 7.55. The molecule has 0 spiro atoms. The maximum atomic E-state index is 12.9. The lowest BCUT2D eigenvalue weighted by molar-refractivity contribution is -0.0940. The molecule has 20 heavy (non-hydrogen) atoms. The predicted molar refractivity (Wildman–Crippen MR) is 69.3 cm³/mol. The highest BCUT2D eigenvalue weighted by Gasteiger charge is 2.47. The zero-order chi connectivity index (χ0) is 16.1. The van der Waals surface area contributed by atoms with E-state index in [1.807, 2.05) is 0 Å². The van der Waals surface area contributed by atoms with E-state index in [1.165, 1.54) is 6.07 Å². The van der Waals surface area contributed by atoms with Crippen molar-refractivity contribution in [3.05, 3.63) is 11.6 Å². The van der Waals surface area contributed by atoms with Crippen molar-refractivity contribution in [3.63, 3.8) is 0 Å². The summed E-state index contributed by atoms with van der Waals surface area (Å²) in [6.07, 6.45) is -5.58. The van der Waals surface area contributed by atoms with Crippen LogP contribution in [0, 0.1) is 11.3 Å². The third kappa shape index (κ3) is 5.66. The van der Waals surface area contributed by atoms with Crippen LogP contribution in [0.1, 0.15) is 34.6 Å². The first-order valence-corrected chi connectivity index (χ1v) is 7.68. The minimum absolute atomic E-state index is 0.338. The van der Waals surface area contributed by atoms with Crippen molar-refractivity contribution in [2.24, 2.45) is 0 Å². The Morgan fingerprint density at radius 2 is 1.55 bits per heavy atom. The van der Waals surface area contributed by atoms with E-state index in [-0.39, 0.29) is 0 Å². The van der Waals surface area contributed by atoms with Gasteiger partial charge in [-0.25, -0.2) is 0 Å². The normalized spacial score (nSPS) is 15.6. The van der Waals surface area contributed by atoms with Crippen LogP contribution < -0.4 is 0 Å². The van der Waals surface area contributed by atoms with E-state index in [0.29, 0.717) is 6.08 Å². The molecular formula is C12H19F3NO3P. The monoisotopic (exact) mass is 313 g/mol. The maximum Gasteiger partial charge on any atom is 0.414 e.